The summed E-state index contributed by atoms with van der Waals surface area (Å²) in [4.78, 5) is 14.3. The van der Waals surface area contributed by atoms with Crippen molar-refractivity contribution in [2.45, 2.75) is 44.8 Å². The Bertz CT molecular complexity index is 804. The molecule has 2 atom stereocenters. The van der Waals surface area contributed by atoms with Gasteiger partial charge >= 0.3 is 0 Å². The van der Waals surface area contributed by atoms with Crippen LogP contribution in [-0.2, 0) is 11.3 Å². The van der Waals surface area contributed by atoms with Crippen molar-refractivity contribution in [1.82, 2.24) is 30.5 Å². The molecule has 2 N–H and O–H groups in total. The maximum atomic E-state index is 11.8. The lowest BCUT2D eigenvalue weighted by atomic mass is 9.99. The van der Waals surface area contributed by atoms with Crippen LogP contribution < -0.4 is 10.6 Å². The highest BCUT2D eigenvalue weighted by Gasteiger charge is 2.30. The lowest BCUT2D eigenvalue weighted by Crippen LogP contribution is -2.38. The van der Waals surface area contributed by atoms with Crippen LogP contribution in [0.1, 0.15) is 37.8 Å². The minimum absolute atomic E-state index is 0. The molecular weight excluding hydrogens is 423 g/mol. The van der Waals surface area contributed by atoms with Gasteiger partial charge in [-0.3, -0.25) is 9.69 Å². The van der Waals surface area contributed by atoms with Crippen LogP contribution in [0.4, 0.5) is 0 Å². The summed E-state index contributed by atoms with van der Waals surface area (Å²) in [5.74, 6) is 0.893. The number of nitrogens with zero attached hydrogens (tertiary/aromatic N) is 4. The monoisotopic (exact) mass is 454 g/mol. The van der Waals surface area contributed by atoms with Gasteiger partial charge in [0.25, 0.3) is 0 Å². The van der Waals surface area contributed by atoms with Crippen molar-refractivity contribution in [2.75, 3.05) is 26.7 Å². The number of benzene rings is 1. The van der Waals surface area contributed by atoms with Crippen molar-refractivity contribution in [3.05, 3.63) is 36.0 Å². The Morgan fingerprint density at radius 1 is 1.20 bits per heavy atom. The largest absolute Gasteiger partial charge is 0.358 e. The van der Waals surface area contributed by atoms with Gasteiger partial charge in [-0.25, -0.2) is 4.68 Å². The van der Waals surface area contributed by atoms with Gasteiger partial charge in [0.15, 0.2) is 0 Å². The van der Waals surface area contributed by atoms with E-state index in [2.05, 4.69) is 57.0 Å². The maximum absolute atomic E-state index is 11.8. The summed E-state index contributed by atoms with van der Waals surface area (Å²) in [6.45, 7) is 6.50. The molecular formula is C21H32Cl2N6O. The van der Waals surface area contributed by atoms with Gasteiger partial charge in [-0.1, -0.05) is 36.4 Å². The normalized spacial score (nSPS) is 22.2. The van der Waals surface area contributed by atoms with Crippen LogP contribution in [0.3, 0.4) is 0 Å². The highest BCUT2D eigenvalue weighted by Crippen LogP contribution is 2.24. The van der Waals surface area contributed by atoms with E-state index in [1.165, 1.54) is 31.5 Å². The van der Waals surface area contributed by atoms with E-state index in [4.69, 9.17) is 0 Å². The van der Waals surface area contributed by atoms with E-state index in [9.17, 15) is 4.79 Å². The van der Waals surface area contributed by atoms with Crippen LogP contribution >= 0.6 is 24.8 Å². The number of carbonyl (C=O) groups excluding carboxylic acids is 1. The zero-order chi connectivity index (χ0) is 19.5. The second-order valence-electron chi connectivity index (χ2n) is 8.20. The molecule has 0 bridgehead atoms. The fourth-order valence-corrected chi connectivity index (χ4v) is 4.14. The number of hydrogen-bond donors (Lipinski definition) is 2. The summed E-state index contributed by atoms with van der Waals surface area (Å²) >= 11 is 0. The highest BCUT2D eigenvalue weighted by molar-refractivity contribution is 5.85. The van der Waals surface area contributed by atoms with E-state index in [-0.39, 0.29) is 42.8 Å². The third-order valence-electron chi connectivity index (χ3n) is 6.09. The van der Waals surface area contributed by atoms with Crippen LogP contribution in [0.25, 0.3) is 11.3 Å². The predicted octanol–water partition coefficient (Wildman–Crippen LogP) is 2.67. The third kappa shape index (κ3) is 5.72. The second kappa shape index (κ2) is 11.1. The summed E-state index contributed by atoms with van der Waals surface area (Å²) in [6.07, 6.45) is 5.32. The van der Waals surface area contributed by atoms with Crippen LogP contribution in [-0.4, -0.2) is 58.5 Å². The molecule has 4 rings (SSSR count). The van der Waals surface area contributed by atoms with Gasteiger partial charge in [-0.05, 0) is 43.8 Å². The molecule has 3 heterocycles. The van der Waals surface area contributed by atoms with E-state index < -0.39 is 0 Å². The number of likely N-dealkylation sites (N-methyl/N-ethyl adjacent to an activating group) is 1. The number of carbonyl (C=O) groups is 1. The zero-order valence-corrected chi connectivity index (χ0v) is 19.2. The Hall–Kier alpha value is -1.67. The quantitative estimate of drug-likeness (QED) is 0.725. The summed E-state index contributed by atoms with van der Waals surface area (Å²) in [5, 5.41) is 14.6. The Labute approximate surface area is 190 Å². The van der Waals surface area contributed by atoms with Crippen LogP contribution in [0.15, 0.2) is 30.5 Å². The lowest BCUT2D eigenvalue weighted by molar-refractivity contribution is -0.122. The zero-order valence-electron chi connectivity index (χ0n) is 17.6. The first-order valence-corrected chi connectivity index (χ1v) is 10.3. The first-order valence-electron chi connectivity index (χ1n) is 10.3. The van der Waals surface area contributed by atoms with Crippen molar-refractivity contribution in [3.8, 4) is 11.3 Å². The summed E-state index contributed by atoms with van der Waals surface area (Å²) < 4.78 is 1.88. The van der Waals surface area contributed by atoms with Gasteiger partial charge < -0.3 is 10.6 Å². The molecule has 0 unspecified atom stereocenters. The Morgan fingerprint density at radius 2 is 1.90 bits per heavy atom. The van der Waals surface area contributed by atoms with Crippen LogP contribution in [0.5, 0.6) is 0 Å². The first-order chi connectivity index (χ1) is 13.6. The van der Waals surface area contributed by atoms with Crippen molar-refractivity contribution < 1.29 is 4.79 Å². The fourth-order valence-electron chi connectivity index (χ4n) is 4.14. The van der Waals surface area contributed by atoms with Crippen LogP contribution in [0.2, 0.25) is 0 Å². The lowest BCUT2D eigenvalue weighted by Gasteiger charge is -2.30. The van der Waals surface area contributed by atoms with E-state index in [1.807, 2.05) is 10.9 Å². The molecule has 0 spiro atoms. The van der Waals surface area contributed by atoms with Gasteiger partial charge in [0, 0.05) is 25.7 Å². The number of nitrogens with one attached hydrogen (secondary N) is 2. The molecule has 1 amide bonds. The number of hydrogen-bond acceptors (Lipinski definition) is 5. The van der Waals surface area contributed by atoms with Crippen molar-refractivity contribution in [1.29, 1.82) is 0 Å². The van der Waals surface area contributed by atoms with Gasteiger partial charge in [0.1, 0.15) is 5.69 Å². The van der Waals surface area contributed by atoms with E-state index in [1.54, 1.807) is 7.05 Å². The number of rotatable bonds is 5. The Kier molecular flexibility index (Phi) is 9.09. The van der Waals surface area contributed by atoms with Crippen molar-refractivity contribution in [3.63, 3.8) is 0 Å². The summed E-state index contributed by atoms with van der Waals surface area (Å²) in [5.41, 5.74) is 3.30. The summed E-state index contributed by atoms with van der Waals surface area (Å²) in [7, 11) is 1.67. The summed E-state index contributed by atoms with van der Waals surface area (Å²) in [6, 6.07) is 8.67. The number of aromatic nitrogens is 3. The maximum Gasteiger partial charge on any atom is 0.236 e. The number of amides is 1. The van der Waals surface area contributed by atoms with Crippen LogP contribution in [0, 0.1) is 5.92 Å². The molecule has 0 radical (unpaired) electrons. The first kappa shape index (κ1) is 24.6. The van der Waals surface area contributed by atoms with E-state index >= 15 is 0 Å². The molecule has 1 aromatic heterocycles. The SMILES string of the molecule is CNC(=O)[C@@H]1C[C@@H](n2cc(-c3ccc(CN4CCC(C)CC4)cc3)nn2)CN1.Cl.Cl. The Morgan fingerprint density at radius 3 is 2.57 bits per heavy atom. The number of likely N-dealkylation sites (tertiary alicyclic amines) is 1. The molecule has 30 heavy (non-hydrogen) atoms. The van der Waals surface area contributed by atoms with E-state index in [0.29, 0.717) is 0 Å². The molecule has 2 fully saturated rings. The molecule has 7 nitrogen and oxygen atoms in total. The average Bonchev–Trinajstić information content (AvgIpc) is 3.39. The minimum Gasteiger partial charge on any atom is -0.358 e. The van der Waals surface area contributed by atoms with Crippen molar-refractivity contribution in [2.24, 2.45) is 5.92 Å². The van der Waals surface area contributed by atoms with Gasteiger partial charge in [0.2, 0.25) is 5.91 Å². The third-order valence-corrected chi connectivity index (χ3v) is 6.09. The number of piperidine rings is 1. The molecule has 2 aliphatic rings. The highest BCUT2D eigenvalue weighted by atomic mass is 35.5. The van der Waals surface area contributed by atoms with Gasteiger partial charge in [0.05, 0.1) is 18.3 Å². The van der Waals surface area contributed by atoms with Gasteiger partial charge in [-0.15, -0.1) is 29.9 Å². The molecule has 2 aliphatic heterocycles. The standard InChI is InChI=1S/C21H30N6O.2ClH/c1-15-7-9-26(10-8-15)13-16-3-5-17(6-4-16)20-14-27(25-24-20)18-11-19(23-12-18)21(28)22-2;;/h3-6,14-15,18-19,23H,7-13H2,1-2H3,(H,22,28);2*1H/t18-,19+;;/m1../s1. The second-order valence-corrected chi connectivity index (χ2v) is 8.20. The molecule has 2 aromatic rings. The number of halogens is 2. The molecule has 0 saturated carbocycles. The van der Waals surface area contributed by atoms with Gasteiger partial charge in [-0.2, -0.15) is 0 Å². The molecule has 1 aromatic carbocycles. The van der Waals surface area contributed by atoms with Crippen molar-refractivity contribution >= 4 is 30.7 Å². The van der Waals surface area contributed by atoms with E-state index in [0.717, 1.165) is 36.7 Å². The average molecular weight is 455 g/mol. The Balaban J connectivity index is 0.00000160. The molecule has 2 saturated heterocycles. The smallest absolute Gasteiger partial charge is 0.236 e. The minimum atomic E-state index is -0.153. The molecule has 0 aliphatic carbocycles. The fraction of sp³-hybridized carbons (Fsp3) is 0.571. The molecule has 166 valence electrons. The molecule has 9 heteroatoms. The topological polar surface area (TPSA) is 75.1 Å². The predicted molar refractivity (Wildman–Crippen MR) is 123 cm³/mol.